The van der Waals surface area contributed by atoms with Gasteiger partial charge in [0.25, 0.3) is 0 Å². The monoisotopic (exact) mass is 206 g/mol. The maximum atomic E-state index is 5.72. The van der Waals surface area contributed by atoms with Crippen LogP contribution in [-0.2, 0) is 4.74 Å². The zero-order chi connectivity index (χ0) is 10.7. The predicted octanol–water partition coefficient (Wildman–Crippen LogP) is 1.41. The van der Waals surface area contributed by atoms with Crippen molar-refractivity contribution < 1.29 is 4.74 Å². The van der Waals surface area contributed by atoms with Gasteiger partial charge in [-0.3, -0.25) is 0 Å². The maximum Gasteiger partial charge on any atom is 0.0950 e. The van der Waals surface area contributed by atoms with E-state index in [1.54, 1.807) is 0 Å². The molecule has 0 amide bonds. The zero-order valence-corrected chi connectivity index (χ0v) is 9.36. The van der Waals surface area contributed by atoms with Gasteiger partial charge in [0.15, 0.2) is 0 Å². The minimum atomic E-state index is 0.207. The van der Waals surface area contributed by atoms with E-state index in [4.69, 9.17) is 4.74 Å². The predicted molar refractivity (Wildman–Crippen MR) is 62.3 cm³/mol. The van der Waals surface area contributed by atoms with Gasteiger partial charge in [-0.05, 0) is 17.7 Å². The van der Waals surface area contributed by atoms with Crippen molar-refractivity contribution in [3.8, 4) is 0 Å². The Morgan fingerprint density at radius 3 is 2.93 bits per heavy atom. The van der Waals surface area contributed by atoms with E-state index >= 15 is 0 Å². The highest BCUT2D eigenvalue weighted by Crippen LogP contribution is 2.22. The molecule has 0 radical (unpaired) electrons. The van der Waals surface area contributed by atoms with Crippen molar-refractivity contribution >= 4 is 5.69 Å². The molecule has 0 aliphatic carbocycles. The molecule has 2 rings (SSSR count). The first-order valence-corrected chi connectivity index (χ1v) is 5.37. The van der Waals surface area contributed by atoms with E-state index in [0.29, 0.717) is 0 Å². The molecule has 15 heavy (non-hydrogen) atoms. The summed E-state index contributed by atoms with van der Waals surface area (Å²) in [6.07, 6.45) is 0.207. The second-order valence-corrected chi connectivity index (χ2v) is 4.05. The van der Waals surface area contributed by atoms with Crippen LogP contribution in [-0.4, -0.2) is 33.8 Å². The van der Waals surface area contributed by atoms with Crippen molar-refractivity contribution in [1.82, 2.24) is 5.32 Å². The fraction of sp³-hybridized carbons (Fsp3) is 0.500. The second kappa shape index (κ2) is 4.64. The minimum absolute atomic E-state index is 0.207. The van der Waals surface area contributed by atoms with Crippen LogP contribution in [0, 0.1) is 0 Å². The van der Waals surface area contributed by atoms with Gasteiger partial charge in [-0.25, -0.2) is 0 Å². The summed E-state index contributed by atoms with van der Waals surface area (Å²) in [5, 5.41) is 3.34. The van der Waals surface area contributed by atoms with E-state index in [-0.39, 0.29) is 6.10 Å². The Labute approximate surface area is 91.0 Å². The van der Waals surface area contributed by atoms with E-state index < -0.39 is 0 Å². The van der Waals surface area contributed by atoms with Gasteiger partial charge in [0.05, 0.1) is 12.7 Å². The molecule has 1 fully saturated rings. The van der Waals surface area contributed by atoms with Gasteiger partial charge in [0, 0.05) is 32.9 Å². The third-order valence-corrected chi connectivity index (χ3v) is 2.69. The van der Waals surface area contributed by atoms with Crippen molar-refractivity contribution in [2.45, 2.75) is 6.10 Å². The van der Waals surface area contributed by atoms with Crippen LogP contribution in [0.25, 0.3) is 0 Å². The average molecular weight is 206 g/mol. The molecule has 1 N–H and O–H groups in total. The molecule has 0 bridgehead atoms. The number of nitrogens with one attached hydrogen (secondary N) is 1. The van der Waals surface area contributed by atoms with Crippen molar-refractivity contribution in [2.75, 3.05) is 38.7 Å². The van der Waals surface area contributed by atoms with E-state index in [1.807, 2.05) is 0 Å². The molecule has 3 nitrogen and oxygen atoms in total. The molecule has 1 aliphatic heterocycles. The van der Waals surface area contributed by atoms with E-state index in [0.717, 1.165) is 19.7 Å². The number of nitrogens with zero attached hydrogens (tertiary/aromatic N) is 1. The zero-order valence-electron chi connectivity index (χ0n) is 9.36. The molecule has 1 saturated heterocycles. The fourth-order valence-corrected chi connectivity index (χ4v) is 1.78. The van der Waals surface area contributed by atoms with Gasteiger partial charge in [-0.1, -0.05) is 12.1 Å². The smallest absolute Gasteiger partial charge is 0.0950 e. The van der Waals surface area contributed by atoms with Crippen LogP contribution in [0.1, 0.15) is 11.7 Å². The van der Waals surface area contributed by atoms with Crippen molar-refractivity contribution in [2.24, 2.45) is 0 Å². The van der Waals surface area contributed by atoms with E-state index in [2.05, 4.69) is 48.6 Å². The van der Waals surface area contributed by atoms with Crippen LogP contribution in [0.15, 0.2) is 24.3 Å². The summed E-state index contributed by atoms with van der Waals surface area (Å²) >= 11 is 0. The third-order valence-electron chi connectivity index (χ3n) is 2.69. The number of hydrogen-bond acceptors (Lipinski definition) is 3. The molecule has 1 aromatic carbocycles. The number of ether oxygens (including phenoxy) is 1. The van der Waals surface area contributed by atoms with Gasteiger partial charge in [-0.2, -0.15) is 0 Å². The van der Waals surface area contributed by atoms with Gasteiger partial charge in [-0.15, -0.1) is 0 Å². The van der Waals surface area contributed by atoms with Crippen LogP contribution in [0.4, 0.5) is 5.69 Å². The summed E-state index contributed by atoms with van der Waals surface area (Å²) in [7, 11) is 4.11. The van der Waals surface area contributed by atoms with Gasteiger partial charge in [0.1, 0.15) is 0 Å². The lowest BCUT2D eigenvalue weighted by Gasteiger charge is -2.25. The SMILES string of the molecule is CN(C)c1cccc([C@H]2CNCCO2)c1. The molecule has 0 unspecified atom stereocenters. The number of rotatable bonds is 2. The number of morpholine rings is 1. The molecule has 1 atom stereocenters. The first kappa shape index (κ1) is 10.5. The lowest BCUT2D eigenvalue weighted by Crippen LogP contribution is -2.33. The Morgan fingerprint density at radius 1 is 1.40 bits per heavy atom. The third kappa shape index (κ3) is 2.49. The minimum Gasteiger partial charge on any atom is -0.378 e. The average Bonchev–Trinajstić information content (AvgIpc) is 2.30. The summed E-state index contributed by atoms with van der Waals surface area (Å²) in [5.41, 5.74) is 2.48. The van der Waals surface area contributed by atoms with Crippen LogP contribution >= 0.6 is 0 Å². The number of anilines is 1. The Hall–Kier alpha value is -1.06. The van der Waals surface area contributed by atoms with Gasteiger partial charge in [0.2, 0.25) is 0 Å². The van der Waals surface area contributed by atoms with Crippen molar-refractivity contribution in [1.29, 1.82) is 0 Å². The largest absolute Gasteiger partial charge is 0.378 e. The standard InChI is InChI=1S/C12H18N2O/c1-14(2)11-5-3-4-10(8-11)12-9-13-6-7-15-12/h3-5,8,12-13H,6-7,9H2,1-2H3/t12-/m1/s1. The molecule has 3 heteroatoms. The molecule has 82 valence electrons. The van der Waals surface area contributed by atoms with Crippen LogP contribution in [0.5, 0.6) is 0 Å². The van der Waals surface area contributed by atoms with Gasteiger partial charge >= 0.3 is 0 Å². The van der Waals surface area contributed by atoms with Crippen LogP contribution < -0.4 is 10.2 Å². The lowest BCUT2D eigenvalue weighted by molar-refractivity contribution is 0.0277. The highest BCUT2D eigenvalue weighted by Gasteiger charge is 2.15. The number of benzene rings is 1. The van der Waals surface area contributed by atoms with Crippen LogP contribution in [0.2, 0.25) is 0 Å². The lowest BCUT2D eigenvalue weighted by atomic mass is 10.1. The Bertz CT molecular complexity index is 319. The first-order valence-electron chi connectivity index (χ1n) is 5.37. The Balaban J connectivity index is 2.16. The molecule has 0 aromatic heterocycles. The van der Waals surface area contributed by atoms with Crippen molar-refractivity contribution in [3.05, 3.63) is 29.8 Å². The molecule has 1 aromatic rings. The Kier molecular flexibility index (Phi) is 3.23. The quantitative estimate of drug-likeness (QED) is 0.792. The highest BCUT2D eigenvalue weighted by atomic mass is 16.5. The maximum absolute atomic E-state index is 5.72. The topological polar surface area (TPSA) is 24.5 Å². The van der Waals surface area contributed by atoms with Crippen molar-refractivity contribution in [3.63, 3.8) is 0 Å². The molecular weight excluding hydrogens is 188 g/mol. The molecule has 0 spiro atoms. The molecule has 1 aliphatic rings. The summed E-state index contributed by atoms with van der Waals surface area (Å²) in [6.45, 7) is 2.68. The summed E-state index contributed by atoms with van der Waals surface area (Å²) in [6, 6.07) is 8.52. The van der Waals surface area contributed by atoms with Crippen LogP contribution in [0.3, 0.4) is 0 Å². The van der Waals surface area contributed by atoms with E-state index in [9.17, 15) is 0 Å². The fourth-order valence-electron chi connectivity index (χ4n) is 1.78. The number of hydrogen-bond donors (Lipinski definition) is 1. The molecule has 0 saturated carbocycles. The summed E-state index contributed by atoms with van der Waals surface area (Å²) < 4.78 is 5.72. The summed E-state index contributed by atoms with van der Waals surface area (Å²) in [5.74, 6) is 0. The first-order chi connectivity index (χ1) is 7.27. The highest BCUT2D eigenvalue weighted by molar-refractivity contribution is 5.47. The Morgan fingerprint density at radius 2 is 2.27 bits per heavy atom. The second-order valence-electron chi connectivity index (χ2n) is 4.05. The van der Waals surface area contributed by atoms with Gasteiger partial charge < -0.3 is 15.0 Å². The normalized spacial score (nSPS) is 21.3. The summed E-state index contributed by atoms with van der Waals surface area (Å²) in [4.78, 5) is 2.11. The van der Waals surface area contributed by atoms with E-state index in [1.165, 1.54) is 11.3 Å². The molecule has 1 heterocycles. The molecular formula is C12H18N2O.